The van der Waals surface area contributed by atoms with Crippen molar-refractivity contribution in [3.8, 4) is 0 Å². The number of oxime groups is 1. The van der Waals surface area contributed by atoms with Crippen LogP contribution in [-0.4, -0.2) is 23.1 Å². The Labute approximate surface area is 57.9 Å². The summed E-state index contributed by atoms with van der Waals surface area (Å²) in [5, 5.41) is 13.0. The molecule has 6 nitrogen and oxygen atoms in total. The van der Waals surface area contributed by atoms with Crippen LogP contribution in [0.1, 0.15) is 6.92 Å². The number of amides is 2. The highest BCUT2D eigenvalue weighted by molar-refractivity contribution is 5.88. The van der Waals surface area contributed by atoms with Crippen molar-refractivity contribution in [2.75, 3.05) is 0 Å². The van der Waals surface area contributed by atoms with E-state index in [0.717, 1.165) is 0 Å². The van der Waals surface area contributed by atoms with Gasteiger partial charge in [0.05, 0.1) is 6.04 Å². The van der Waals surface area contributed by atoms with Crippen molar-refractivity contribution in [2.24, 2.45) is 16.6 Å². The fourth-order valence-corrected chi connectivity index (χ4v) is 0.374. The minimum absolute atomic E-state index is 0.0844. The predicted molar refractivity (Wildman–Crippen MR) is 35.6 cm³/mol. The third-order valence-corrected chi connectivity index (χ3v) is 0.918. The number of nitrogens with zero attached hydrogens (tertiary/aromatic N) is 1. The Bertz CT molecular complexity index is 155. The van der Waals surface area contributed by atoms with E-state index in [1.165, 1.54) is 0 Å². The van der Waals surface area contributed by atoms with Gasteiger partial charge in [-0.25, -0.2) is 4.79 Å². The fraction of sp³-hybridized carbons (Fsp3) is 0.500. The molecule has 0 aromatic heterocycles. The SMILES string of the molecule is CC(NC(N)=O)/C(N)=N/O. The molecule has 0 aromatic rings. The molecule has 0 fully saturated rings. The van der Waals surface area contributed by atoms with Crippen molar-refractivity contribution in [1.29, 1.82) is 0 Å². The topological polar surface area (TPSA) is 114 Å². The van der Waals surface area contributed by atoms with Crippen LogP contribution in [0, 0.1) is 0 Å². The molecule has 0 aliphatic carbocycles. The molecular formula is C4H10N4O2. The van der Waals surface area contributed by atoms with E-state index >= 15 is 0 Å². The zero-order valence-corrected chi connectivity index (χ0v) is 5.53. The van der Waals surface area contributed by atoms with Gasteiger partial charge in [0.15, 0.2) is 5.84 Å². The molecule has 0 aromatic carbocycles. The van der Waals surface area contributed by atoms with Gasteiger partial charge in [-0.15, -0.1) is 0 Å². The molecule has 0 heterocycles. The van der Waals surface area contributed by atoms with Crippen molar-refractivity contribution >= 4 is 11.9 Å². The second-order valence-electron chi connectivity index (χ2n) is 1.76. The van der Waals surface area contributed by atoms with Crippen molar-refractivity contribution in [2.45, 2.75) is 13.0 Å². The largest absolute Gasteiger partial charge is 0.409 e. The molecule has 0 bridgehead atoms. The third kappa shape index (κ3) is 2.75. The van der Waals surface area contributed by atoms with Crippen molar-refractivity contribution in [3.63, 3.8) is 0 Å². The van der Waals surface area contributed by atoms with E-state index in [1.54, 1.807) is 6.92 Å². The van der Waals surface area contributed by atoms with Gasteiger partial charge in [-0.3, -0.25) is 0 Å². The van der Waals surface area contributed by atoms with Crippen molar-refractivity contribution in [1.82, 2.24) is 5.32 Å². The van der Waals surface area contributed by atoms with Crippen LogP contribution in [0.2, 0.25) is 0 Å². The first-order valence-electron chi connectivity index (χ1n) is 2.61. The van der Waals surface area contributed by atoms with Gasteiger partial charge in [-0.05, 0) is 6.92 Å². The first-order valence-corrected chi connectivity index (χ1v) is 2.61. The van der Waals surface area contributed by atoms with Gasteiger partial charge in [0.2, 0.25) is 0 Å². The van der Waals surface area contributed by atoms with E-state index in [4.69, 9.17) is 16.7 Å². The summed E-state index contributed by atoms with van der Waals surface area (Å²) >= 11 is 0. The monoisotopic (exact) mass is 146 g/mol. The molecule has 0 spiro atoms. The van der Waals surface area contributed by atoms with Gasteiger partial charge >= 0.3 is 6.03 Å². The highest BCUT2D eigenvalue weighted by Gasteiger charge is 2.07. The summed E-state index contributed by atoms with van der Waals surface area (Å²) in [6.45, 7) is 1.54. The maximum absolute atomic E-state index is 10.1. The molecule has 1 atom stereocenters. The van der Waals surface area contributed by atoms with Crippen LogP contribution in [0.5, 0.6) is 0 Å². The Morgan fingerprint density at radius 3 is 2.50 bits per heavy atom. The van der Waals surface area contributed by atoms with E-state index in [2.05, 4.69) is 10.5 Å². The van der Waals surface area contributed by atoms with E-state index in [1.807, 2.05) is 0 Å². The Balaban J connectivity index is 3.85. The van der Waals surface area contributed by atoms with Gasteiger partial charge in [0, 0.05) is 0 Å². The number of carbonyl (C=O) groups excluding carboxylic acids is 1. The second-order valence-corrected chi connectivity index (χ2v) is 1.76. The molecule has 0 saturated heterocycles. The Kier molecular flexibility index (Phi) is 3.03. The minimum atomic E-state index is -0.709. The zero-order chi connectivity index (χ0) is 8.15. The summed E-state index contributed by atoms with van der Waals surface area (Å²) in [6, 6.07) is -1.25. The molecule has 6 heteroatoms. The number of amidine groups is 1. The molecule has 0 aliphatic rings. The Morgan fingerprint density at radius 2 is 2.20 bits per heavy atom. The standard InChI is InChI=1S/C4H10N4O2/c1-2(3(5)8-10)7-4(6)9/h2,10H,1H3,(H2,5,8)(H3,6,7,9). The maximum atomic E-state index is 10.1. The summed E-state index contributed by atoms with van der Waals surface area (Å²) in [6.07, 6.45) is 0. The first-order chi connectivity index (χ1) is 4.57. The molecule has 10 heavy (non-hydrogen) atoms. The number of nitrogens with two attached hydrogens (primary N) is 2. The lowest BCUT2D eigenvalue weighted by Crippen LogP contribution is -2.44. The quantitative estimate of drug-likeness (QED) is 0.169. The Hall–Kier alpha value is -1.46. The summed E-state index contributed by atoms with van der Waals surface area (Å²) in [4.78, 5) is 10.1. The van der Waals surface area contributed by atoms with Crippen LogP contribution in [0.15, 0.2) is 5.16 Å². The zero-order valence-electron chi connectivity index (χ0n) is 5.53. The van der Waals surface area contributed by atoms with Crippen molar-refractivity contribution in [3.05, 3.63) is 0 Å². The van der Waals surface area contributed by atoms with Gasteiger partial charge in [-0.2, -0.15) is 0 Å². The first kappa shape index (κ1) is 8.54. The van der Waals surface area contributed by atoms with Crippen molar-refractivity contribution < 1.29 is 10.0 Å². The van der Waals surface area contributed by atoms with E-state index < -0.39 is 12.1 Å². The number of rotatable bonds is 2. The predicted octanol–water partition coefficient (Wildman–Crippen LogP) is -1.21. The second kappa shape index (κ2) is 3.54. The lowest BCUT2D eigenvalue weighted by molar-refractivity contribution is 0.247. The molecule has 0 saturated carbocycles. The van der Waals surface area contributed by atoms with Crippen LogP contribution < -0.4 is 16.8 Å². The summed E-state index contributed by atoms with van der Waals surface area (Å²) in [7, 11) is 0. The van der Waals surface area contributed by atoms with E-state index in [9.17, 15) is 4.79 Å². The summed E-state index contributed by atoms with van der Waals surface area (Å²) < 4.78 is 0. The normalized spacial score (nSPS) is 14.3. The Morgan fingerprint density at radius 1 is 1.70 bits per heavy atom. The lowest BCUT2D eigenvalue weighted by atomic mass is 10.3. The number of urea groups is 1. The minimum Gasteiger partial charge on any atom is -0.409 e. The van der Waals surface area contributed by atoms with E-state index in [-0.39, 0.29) is 5.84 Å². The van der Waals surface area contributed by atoms with Crippen LogP contribution in [0.4, 0.5) is 4.79 Å². The van der Waals surface area contributed by atoms with Gasteiger partial charge < -0.3 is 22.0 Å². The fourth-order valence-electron chi connectivity index (χ4n) is 0.374. The van der Waals surface area contributed by atoms with Gasteiger partial charge in [0.1, 0.15) is 0 Å². The maximum Gasteiger partial charge on any atom is 0.312 e. The van der Waals surface area contributed by atoms with Crippen LogP contribution in [0.3, 0.4) is 0 Å². The molecule has 0 radical (unpaired) electrons. The summed E-state index contributed by atoms with van der Waals surface area (Å²) in [5.74, 6) is -0.0844. The number of hydrogen-bond donors (Lipinski definition) is 4. The molecule has 58 valence electrons. The van der Waals surface area contributed by atoms with Crippen LogP contribution in [-0.2, 0) is 0 Å². The van der Waals surface area contributed by atoms with Crippen LogP contribution in [0.25, 0.3) is 0 Å². The number of carbonyl (C=O) groups is 1. The molecule has 0 rings (SSSR count). The van der Waals surface area contributed by atoms with Gasteiger partial charge in [-0.1, -0.05) is 5.16 Å². The number of primary amides is 1. The van der Waals surface area contributed by atoms with Gasteiger partial charge in [0.25, 0.3) is 0 Å². The molecule has 1 unspecified atom stereocenters. The highest BCUT2D eigenvalue weighted by Crippen LogP contribution is 1.79. The van der Waals surface area contributed by atoms with Crippen LogP contribution >= 0.6 is 0 Å². The molecular weight excluding hydrogens is 136 g/mol. The number of hydrogen-bond acceptors (Lipinski definition) is 3. The third-order valence-electron chi connectivity index (χ3n) is 0.918. The lowest BCUT2D eigenvalue weighted by Gasteiger charge is -2.08. The molecule has 6 N–H and O–H groups in total. The average Bonchev–Trinajstić information content (AvgIpc) is 1.85. The molecule has 2 amide bonds. The summed E-state index contributed by atoms with van der Waals surface area (Å²) in [5.41, 5.74) is 9.84. The highest BCUT2D eigenvalue weighted by atomic mass is 16.4. The average molecular weight is 146 g/mol. The number of nitrogens with one attached hydrogen (secondary N) is 1. The molecule has 0 aliphatic heterocycles. The van der Waals surface area contributed by atoms with E-state index in [0.29, 0.717) is 0 Å². The smallest absolute Gasteiger partial charge is 0.312 e.